The van der Waals surface area contributed by atoms with Crippen LogP contribution < -0.4 is 10.6 Å². The molecule has 0 bridgehead atoms. The summed E-state index contributed by atoms with van der Waals surface area (Å²) in [5, 5.41) is 5.75. The number of hydrogen-bond donors (Lipinski definition) is 2. The Labute approximate surface area is 237 Å². The van der Waals surface area contributed by atoms with Crippen molar-refractivity contribution in [3.8, 4) is 0 Å². The number of benzene rings is 1. The van der Waals surface area contributed by atoms with Crippen molar-refractivity contribution in [3.63, 3.8) is 0 Å². The van der Waals surface area contributed by atoms with Crippen LogP contribution in [0.25, 0.3) is 0 Å². The summed E-state index contributed by atoms with van der Waals surface area (Å²) in [6, 6.07) is 10.7. The van der Waals surface area contributed by atoms with E-state index in [9.17, 15) is 9.59 Å². The average molecular weight is 539 g/mol. The summed E-state index contributed by atoms with van der Waals surface area (Å²) < 4.78 is 5.24. The smallest absolute Gasteiger partial charge is 0.251 e. The molecule has 2 aromatic rings. The lowest BCUT2D eigenvalue weighted by Gasteiger charge is -2.08. The van der Waals surface area contributed by atoms with Gasteiger partial charge in [0.05, 0.1) is 12.8 Å². The lowest BCUT2D eigenvalue weighted by Crippen LogP contribution is -2.22. The number of rotatable bonds is 24. The van der Waals surface area contributed by atoms with E-state index in [4.69, 9.17) is 4.42 Å². The molecule has 0 saturated carbocycles. The Morgan fingerprint density at radius 2 is 1.21 bits per heavy atom. The van der Waals surface area contributed by atoms with E-state index >= 15 is 0 Å². The van der Waals surface area contributed by atoms with Crippen molar-refractivity contribution >= 4 is 17.5 Å². The highest BCUT2D eigenvalue weighted by Gasteiger charge is 2.09. The molecule has 2 rings (SSSR count). The Balaban J connectivity index is 1.38. The molecule has 1 aromatic carbocycles. The minimum atomic E-state index is -0.193. The first kappa shape index (κ1) is 32.7. The van der Waals surface area contributed by atoms with Crippen LogP contribution in [0.4, 0.5) is 5.69 Å². The molecule has 5 nitrogen and oxygen atoms in total. The van der Waals surface area contributed by atoms with Crippen LogP contribution in [0.5, 0.6) is 0 Å². The van der Waals surface area contributed by atoms with Gasteiger partial charge < -0.3 is 15.1 Å². The Kier molecular flexibility index (Phi) is 18.6. The molecule has 39 heavy (non-hydrogen) atoms. The first-order chi connectivity index (χ1) is 19.2. The van der Waals surface area contributed by atoms with Gasteiger partial charge in [0.2, 0.25) is 5.91 Å². The zero-order valence-electron chi connectivity index (χ0n) is 24.6. The third kappa shape index (κ3) is 16.9. The fourth-order valence-corrected chi connectivity index (χ4v) is 5.01. The van der Waals surface area contributed by atoms with Gasteiger partial charge in [-0.25, -0.2) is 0 Å². The lowest BCUT2D eigenvalue weighted by molar-refractivity contribution is -0.116. The number of carbonyl (C=O) groups is 2. The van der Waals surface area contributed by atoms with E-state index in [2.05, 4.69) is 17.6 Å². The maximum atomic E-state index is 12.4. The Morgan fingerprint density at radius 3 is 1.72 bits per heavy atom. The number of furan rings is 1. The third-order valence-electron chi connectivity index (χ3n) is 7.42. The van der Waals surface area contributed by atoms with E-state index < -0.39 is 0 Å². The molecule has 218 valence electrons. The first-order valence-electron chi connectivity index (χ1n) is 15.9. The van der Waals surface area contributed by atoms with Gasteiger partial charge in [0, 0.05) is 17.7 Å². The normalized spacial score (nSPS) is 11.0. The first-order valence-corrected chi connectivity index (χ1v) is 15.9. The summed E-state index contributed by atoms with van der Waals surface area (Å²) >= 11 is 0. The van der Waals surface area contributed by atoms with Gasteiger partial charge in [-0.15, -0.1) is 0 Å². The quantitative estimate of drug-likeness (QED) is 0.131. The predicted octanol–water partition coefficient (Wildman–Crippen LogP) is 9.97. The lowest BCUT2D eigenvalue weighted by atomic mass is 10.0. The molecule has 0 aliphatic rings. The molecule has 0 saturated heterocycles. The number of anilines is 1. The van der Waals surface area contributed by atoms with Crippen LogP contribution in [0.15, 0.2) is 47.1 Å². The second-order valence-corrected chi connectivity index (χ2v) is 11.0. The van der Waals surface area contributed by atoms with Crippen molar-refractivity contribution in [2.75, 3.05) is 5.32 Å². The summed E-state index contributed by atoms with van der Waals surface area (Å²) in [5.74, 6) is 0.517. The van der Waals surface area contributed by atoms with Crippen molar-refractivity contribution in [1.29, 1.82) is 0 Å². The predicted molar refractivity (Wildman–Crippen MR) is 163 cm³/mol. The van der Waals surface area contributed by atoms with Crippen molar-refractivity contribution in [3.05, 3.63) is 54.0 Å². The van der Waals surface area contributed by atoms with E-state index in [0.29, 0.717) is 30.0 Å². The van der Waals surface area contributed by atoms with Crippen molar-refractivity contribution < 1.29 is 14.0 Å². The molecule has 1 heterocycles. The van der Waals surface area contributed by atoms with Crippen LogP contribution in [-0.2, 0) is 11.3 Å². The number of hydrogen-bond acceptors (Lipinski definition) is 3. The summed E-state index contributed by atoms with van der Waals surface area (Å²) in [6.07, 6.45) is 27.7. The molecule has 0 aliphatic heterocycles. The van der Waals surface area contributed by atoms with E-state index in [-0.39, 0.29) is 11.8 Å². The molecular formula is C34H54N2O3. The molecule has 2 N–H and O–H groups in total. The highest BCUT2D eigenvalue weighted by atomic mass is 16.3. The van der Waals surface area contributed by atoms with Gasteiger partial charge >= 0.3 is 0 Å². The zero-order valence-corrected chi connectivity index (χ0v) is 24.6. The Hall–Kier alpha value is -2.56. The summed E-state index contributed by atoms with van der Waals surface area (Å²) in [7, 11) is 0. The van der Waals surface area contributed by atoms with Gasteiger partial charge in [-0.3, -0.25) is 9.59 Å². The minimum Gasteiger partial charge on any atom is -0.467 e. The van der Waals surface area contributed by atoms with Crippen LogP contribution in [-0.4, -0.2) is 11.8 Å². The van der Waals surface area contributed by atoms with Crippen LogP contribution >= 0.6 is 0 Å². The van der Waals surface area contributed by atoms with Crippen LogP contribution in [0, 0.1) is 0 Å². The third-order valence-corrected chi connectivity index (χ3v) is 7.42. The monoisotopic (exact) mass is 538 g/mol. The average Bonchev–Trinajstić information content (AvgIpc) is 3.47. The molecular weight excluding hydrogens is 484 g/mol. The number of nitrogens with one attached hydrogen (secondary N) is 2. The van der Waals surface area contributed by atoms with E-state index in [0.717, 1.165) is 12.8 Å². The van der Waals surface area contributed by atoms with Crippen LogP contribution in [0.3, 0.4) is 0 Å². The fourth-order valence-electron chi connectivity index (χ4n) is 5.01. The van der Waals surface area contributed by atoms with Gasteiger partial charge in [-0.05, 0) is 36.8 Å². The van der Waals surface area contributed by atoms with Crippen molar-refractivity contribution in [2.45, 2.75) is 142 Å². The molecule has 0 radical (unpaired) electrons. The summed E-state index contributed by atoms with van der Waals surface area (Å²) in [4.78, 5) is 24.7. The summed E-state index contributed by atoms with van der Waals surface area (Å²) in [6.45, 7) is 2.62. The highest BCUT2D eigenvalue weighted by molar-refractivity contribution is 5.97. The second-order valence-electron chi connectivity index (χ2n) is 11.0. The SMILES string of the molecule is CCCCCCCCCCCCCCCCCCCCCC(=O)Nc1cccc(C(=O)NCc2ccco2)c1. The molecule has 1 aromatic heterocycles. The highest BCUT2D eigenvalue weighted by Crippen LogP contribution is 2.16. The Morgan fingerprint density at radius 1 is 0.667 bits per heavy atom. The van der Waals surface area contributed by atoms with Gasteiger partial charge in [0.1, 0.15) is 5.76 Å². The minimum absolute atomic E-state index is 0.00937. The van der Waals surface area contributed by atoms with Gasteiger partial charge in [-0.1, -0.05) is 129 Å². The molecule has 5 heteroatoms. The van der Waals surface area contributed by atoms with E-state index in [1.54, 1.807) is 30.5 Å². The van der Waals surface area contributed by atoms with Crippen molar-refractivity contribution in [1.82, 2.24) is 5.32 Å². The van der Waals surface area contributed by atoms with Gasteiger partial charge in [0.25, 0.3) is 5.91 Å². The van der Waals surface area contributed by atoms with Crippen LogP contribution in [0.2, 0.25) is 0 Å². The van der Waals surface area contributed by atoms with Crippen molar-refractivity contribution in [2.24, 2.45) is 0 Å². The molecule has 2 amide bonds. The summed E-state index contributed by atoms with van der Waals surface area (Å²) in [5.41, 5.74) is 1.17. The van der Waals surface area contributed by atoms with E-state index in [1.165, 1.54) is 109 Å². The van der Waals surface area contributed by atoms with E-state index in [1.807, 2.05) is 12.1 Å². The Bertz CT molecular complexity index is 878. The maximum Gasteiger partial charge on any atom is 0.251 e. The number of carbonyl (C=O) groups excluding carboxylic acids is 2. The standard InChI is InChI=1S/C34H54N2O3/c1-2-3-4-5-6-7-8-9-10-11-12-13-14-15-16-17-18-19-20-26-33(37)36-31-24-21-23-30(28-31)34(38)35-29-32-25-22-27-39-32/h21-25,27-28H,2-20,26,29H2,1H3,(H,35,38)(H,36,37). The fraction of sp³-hybridized carbons (Fsp3) is 0.647. The molecule has 0 aliphatic carbocycles. The molecule has 0 unspecified atom stereocenters. The van der Waals surface area contributed by atoms with Gasteiger partial charge in [-0.2, -0.15) is 0 Å². The number of unbranched alkanes of at least 4 members (excludes halogenated alkanes) is 18. The maximum absolute atomic E-state index is 12.4. The zero-order chi connectivity index (χ0) is 27.8. The molecule has 0 spiro atoms. The number of amides is 2. The topological polar surface area (TPSA) is 71.3 Å². The molecule has 0 fully saturated rings. The van der Waals surface area contributed by atoms with Gasteiger partial charge in [0.15, 0.2) is 0 Å². The largest absolute Gasteiger partial charge is 0.467 e. The molecule has 0 atom stereocenters. The van der Waals surface area contributed by atoms with Crippen LogP contribution in [0.1, 0.15) is 151 Å². The second kappa shape index (κ2) is 22.3.